The molecule has 2 aliphatic heterocycles. The van der Waals surface area contributed by atoms with Crippen molar-refractivity contribution in [3.63, 3.8) is 0 Å². The van der Waals surface area contributed by atoms with Crippen LogP contribution in [0.4, 0.5) is 15.8 Å². The number of nitrogens with one attached hydrogen (secondary N) is 1. The number of likely N-dealkylation sites (N-methyl/N-ethyl adjacent to an activating group) is 1. The first-order chi connectivity index (χ1) is 14.9. The molecule has 1 saturated heterocycles. The lowest BCUT2D eigenvalue weighted by Gasteiger charge is -2.47. The molecule has 156 valence electrons. The molecule has 0 saturated carbocycles. The van der Waals surface area contributed by atoms with Crippen LogP contribution >= 0.6 is 0 Å². The maximum Gasteiger partial charge on any atom is 0.271 e. The van der Waals surface area contributed by atoms with Crippen LogP contribution in [-0.2, 0) is 9.59 Å². The van der Waals surface area contributed by atoms with Gasteiger partial charge in [0.15, 0.2) is 0 Å². The van der Waals surface area contributed by atoms with Crippen molar-refractivity contribution in [1.29, 1.82) is 0 Å². The van der Waals surface area contributed by atoms with E-state index in [-0.39, 0.29) is 30.3 Å². The number of rotatable bonds is 3. The molecule has 3 heterocycles. The predicted octanol–water partition coefficient (Wildman–Crippen LogP) is 2.56. The fraction of sp³-hybridized carbons (Fsp3) is 0.182. The highest BCUT2D eigenvalue weighted by Gasteiger charge is 2.59. The van der Waals surface area contributed by atoms with E-state index in [0.29, 0.717) is 16.9 Å². The molecule has 0 spiro atoms. The van der Waals surface area contributed by atoms with Crippen molar-refractivity contribution in [3.8, 4) is 5.69 Å². The van der Waals surface area contributed by atoms with Crippen molar-refractivity contribution in [3.05, 3.63) is 72.6 Å². The lowest BCUT2D eigenvalue weighted by Crippen LogP contribution is -2.68. The smallest absolute Gasteiger partial charge is 0.271 e. The topological polar surface area (TPSA) is 87.5 Å². The number of benzene rings is 2. The zero-order chi connectivity index (χ0) is 21.8. The van der Waals surface area contributed by atoms with E-state index < -0.39 is 17.4 Å². The number of carbonyl (C=O) groups is 3. The van der Waals surface area contributed by atoms with Gasteiger partial charge in [0, 0.05) is 43.7 Å². The lowest BCUT2D eigenvalue weighted by atomic mass is 9.96. The molecule has 0 radical (unpaired) electrons. The average molecular weight is 419 g/mol. The Balaban J connectivity index is 1.63. The van der Waals surface area contributed by atoms with Crippen molar-refractivity contribution >= 4 is 29.1 Å². The number of imidazole rings is 1. The van der Waals surface area contributed by atoms with Gasteiger partial charge in [0.1, 0.15) is 5.82 Å². The van der Waals surface area contributed by atoms with Gasteiger partial charge in [-0.1, -0.05) is 6.07 Å². The fourth-order valence-corrected chi connectivity index (χ4v) is 4.33. The monoisotopic (exact) mass is 419 g/mol. The second kappa shape index (κ2) is 6.76. The highest BCUT2D eigenvalue weighted by Crippen LogP contribution is 2.45. The van der Waals surface area contributed by atoms with Crippen LogP contribution in [0.5, 0.6) is 0 Å². The van der Waals surface area contributed by atoms with Crippen molar-refractivity contribution < 1.29 is 18.8 Å². The summed E-state index contributed by atoms with van der Waals surface area (Å²) in [6.45, 7) is 0. The molecule has 3 aromatic rings. The van der Waals surface area contributed by atoms with Crippen molar-refractivity contribution in [1.82, 2.24) is 14.5 Å². The number of amides is 3. The Morgan fingerprint density at radius 1 is 1.19 bits per heavy atom. The third-order valence-electron chi connectivity index (χ3n) is 5.87. The highest BCUT2D eigenvalue weighted by atomic mass is 19.1. The van der Waals surface area contributed by atoms with E-state index in [4.69, 9.17) is 0 Å². The molecule has 8 nitrogen and oxygen atoms in total. The Hall–Kier alpha value is -4.01. The first-order valence-electron chi connectivity index (χ1n) is 9.72. The van der Waals surface area contributed by atoms with E-state index in [0.717, 1.165) is 0 Å². The maximum atomic E-state index is 13.6. The Bertz CT molecular complexity index is 1230. The molecule has 31 heavy (non-hydrogen) atoms. The second-order valence-electron chi connectivity index (χ2n) is 7.55. The summed E-state index contributed by atoms with van der Waals surface area (Å²) in [7, 11) is 1.51. The van der Waals surface area contributed by atoms with E-state index in [2.05, 4.69) is 10.3 Å². The molecule has 1 N–H and O–H groups in total. The summed E-state index contributed by atoms with van der Waals surface area (Å²) in [6, 6.07) is 10.6. The molecular weight excluding hydrogens is 401 g/mol. The molecule has 2 aliphatic rings. The molecule has 1 aromatic heterocycles. The van der Waals surface area contributed by atoms with Gasteiger partial charge in [-0.05, 0) is 36.4 Å². The molecule has 1 fully saturated rings. The van der Waals surface area contributed by atoms with Gasteiger partial charge in [0.05, 0.1) is 17.6 Å². The standard InChI is InChI=1S/C22H18FN5O3/c1-26-20(30)17-6-5-16(27-10-9-24-13-27)12-18(17)28-19(29)7-8-22(26,28)21(31)25-15-4-2-3-14(23)11-15/h2-6,9-13H,7-8H2,1H3,(H,25,31). The number of carbonyl (C=O) groups excluding carboxylic acids is 3. The highest BCUT2D eigenvalue weighted by molar-refractivity contribution is 6.18. The van der Waals surface area contributed by atoms with Crippen LogP contribution < -0.4 is 10.2 Å². The van der Waals surface area contributed by atoms with Gasteiger partial charge in [-0.25, -0.2) is 9.37 Å². The SMILES string of the molecule is CN1C(=O)c2ccc(-n3ccnc3)cc2N2C(=O)CCC12C(=O)Nc1cccc(F)c1. The largest absolute Gasteiger partial charge is 0.322 e. The number of nitrogens with zero attached hydrogens (tertiary/aromatic N) is 4. The van der Waals surface area contributed by atoms with Crippen molar-refractivity contribution in [2.75, 3.05) is 17.3 Å². The molecule has 0 aliphatic carbocycles. The number of hydrogen-bond donors (Lipinski definition) is 1. The summed E-state index contributed by atoms with van der Waals surface area (Å²) in [4.78, 5) is 46.4. The minimum Gasteiger partial charge on any atom is -0.322 e. The number of halogens is 1. The normalized spacial score (nSPS) is 19.9. The zero-order valence-electron chi connectivity index (χ0n) is 16.6. The summed E-state index contributed by atoms with van der Waals surface area (Å²) < 4.78 is 15.4. The van der Waals surface area contributed by atoms with Gasteiger partial charge in [-0.15, -0.1) is 0 Å². The van der Waals surface area contributed by atoms with Crippen LogP contribution in [0, 0.1) is 5.82 Å². The van der Waals surface area contributed by atoms with Crippen LogP contribution in [0.25, 0.3) is 5.69 Å². The second-order valence-corrected chi connectivity index (χ2v) is 7.55. The lowest BCUT2D eigenvalue weighted by molar-refractivity contribution is -0.128. The quantitative estimate of drug-likeness (QED) is 0.707. The molecular formula is C22H18FN5O3. The van der Waals surface area contributed by atoms with Gasteiger partial charge in [0.2, 0.25) is 11.6 Å². The number of hydrogen-bond acceptors (Lipinski definition) is 4. The third-order valence-corrected chi connectivity index (χ3v) is 5.87. The fourth-order valence-electron chi connectivity index (χ4n) is 4.33. The molecule has 1 unspecified atom stereocenters. The average Bonchev–Trinajstić information content (AvgIpc) is 3.41. The van der Waals surface area contributed by atoms with Gasteiger partial charge in [-0.3, -0.25) is 19.3 Å². The number of aromatic nitrogens is 2. The molecule has 5 rings (SSSR count). The minimum absolute atomic E-state index is 0.100. The summed E-state index contributed by atoms with van der Waals surface area (Å²) in [5, 5.41) is 2.68. The van der Waals surface area contributed by atoms with Crippen LogP contribution in [0.2, 0.25) is 0 Å². The molecule has 3 amide bonds. The van der Waals surface area contributed by atoms with Crippen LogP contribution in [-0.4, -0.2) is 44.9 Å². The predicted molar refractivity (Wildman–Crippen MR) is 110 cm³/mol. The first-order valence-corrected chi connectivity index (χ1v) is 9.72. The van der Waals surface area contributed by atoms with Crippen molar-refractivity contribution in [2.24, 2.45) is 0 Å². The van der Waals surface area contributed by atoms with Crippen LogP contribution in [0.3, 0.4) is 0 Å². The van der Waals surface area contributed by atoms with E-state index in [1.165, 1.54) is 35.0 Å². The molecule has 2 aromatic carbocycles. The summed E-state index contributed by atoms with van der Waals surface area (Å²) in [5.74, 6) is -1.71. The minimum atomic E-state index is -1.54. The number of anilines is 2. The van der Waals surface area contributed by atoms with Gasteiger partial charge < -0.3 is 14.8 Å². The van der Waals surface area contributed by atoms with Gasteiger partial charge >= 0.3 is 0 Å². The number of fused-ring (bicyclic) bond motifs is 3. The van der Waals surface area contributed by atoms with Crippen LogP contribution in [0.15, 0.2) is 61.2 Å². The maximum absolute atomic E-state index is 13.6. The van der Waals surface area contributed by atoms with E-state index in [1.54, 1.807) is 47.6 Å². The molecule has 9 heteroatoms. The Morgan fingerprint density at radius 2 is 2.03 bits per heavy atom. The molecule has 0 bridgehead atoms. The Morgan fingerprint density at radius 3 is 2.77 bits per heavy atom. The zero-order valence-corrected chi connectivity index (χ0v) is 16.6. The summed E-state index contributed by atoms with van der Waals surface area (Å²) >= 11 is 0. The Labute approximate surface area is 176 Å². The summed E-state index contributed by atoms with van der Waals surface area (Å²) in [5.41, 5.74) is 0.105. The van der Waals surface area contributed by atoms with Crippen molar-refractivity contribution in [2.45, 2.75) is 18.5 Å². The third kappa shape index (κ3) is 2.73. The van der Waals surface area contributed by atoms with E-state index in [1.807, 2.05) is 0 Å². The first kappa shape index (κ1) is 19.0. The van der Waals surface area contributed by atoms with Gasteiger partial charge in [0.25, 0.3) is 11.8 Å². The van der Waals surface area contributed by atoms with Gasteiger partial charge in [-0.2, -0.15) is 0 Å². The molecule has 1 atom stereocenters. The van der Waals surface area contributed by atoms with E-state index in [9.17, 15) is 18.8 Å². The Kier molecular flexibility index (Phi) is 4.14. The summed E-state index contributed by atoms with van der Waals surface area (Å²) in [6.07, 6.45) is 5.20. The van der Waals surface area contributed by atoms with E-state index >= 15 is 0 Å². The van der Waals surface area contributed by atoms with Crippen LogP contribution in [0.1, 0.15) is 23.2 Å².